The van der Waals surface area contributed by atoms with E-state index in [2.05, 4.69) is 20.3 Å². The molecule has 0 bridgehead atoms. The van der Waals surface area contributed by atoms with Crippen molar-refractivity contribution >= 4 is 11.3 Å². The average Bonchev–Trinajstić information content (AvgIpc) is 2.80. The molecule has 0 aliphatic carbocycles. The van der Waals surface area contributed by atoms with E-state index < -0.39 is 0 Å². The third-order valence-electron chi connectivity index (χ3n) is 2.97. The third kappa shape index (κ3) is 3.48. The van der Waals surface area contributed by atoms with Crippen molar-refractivity contribution in [3.8, 4) is 0 Å². The molecule has 0 aliphatic rings. The van der Waals surface area contributed by atoms with E-state index in [0.29, 0.717) is 11.4 Å². The van der Waals surface area contributed by atoms with Gasteiger partial charge in [-0.25, -0.2) is 9.97 Å². The fourth-order valence-corrected chi connectivity index (χ4v) is 2.74. The molecule has 0 amide bonds. The minimum atomic E-state index is -0.0563. The van der Waals surface area contributed by atoms with Crippen LogP contribution in [0.2, 0.25) is 0 Å². The van der Waals surface area contributed by atoms with Crippen molar-refractivity contribution < 1.29 is 0 Å². The van der Waals surface area contributed by atoms with Crippen LogP contribution in [0, 0.1) is 13.8 Å². The van der Waals surface area contributed by atoms with E-state index in [0.717, 1.165) is 23.7 Å². The van der Waals surface area contributed by atoms with Crippen LogP contribution in [0.1, 0.15) is 35.1 Å². The van der Waals surface area contributed by atoms with Gasteiger partial charge in [-0.3, -0.25) is 4.79 Å². The van der Waals surface area contributed by atoms with Crippen molar-refractivity contribution in [1.82, 2.24) is 20.3 Å². The summed E-state index contributed by atoms with van der Waals surface area (Å²) in [6.45, 7) is 6.44. The van der Waals surface area contributed by atoms with Gasteiger partial charge in [-0.1, -0.05) is 0 Å². The van der Waals surface area contributed by atoms with Crippen LogP contribution >= 0.6 is 11.3 Å². The van der Waals surface area contributed by atoms with Crippen molar-refractivity contribution in [2.45, 2.75) is 33.2 Å². The molecule has 102 valence electrons. The lowest BCUT2D eigenvalue weighted by molar-refractivity contribution is 0.564. The number of nitrogens with zero attached hydrogens (tertiary/aromatic N) is 2. The first-order valence-electron chi connectivity index (χ1n) is 6.27. The van der Waals surface area contributed by atoms with Gasteiger partial charge in [0.05, 0.1) is 10.6 Å². The maximum Gasteiger partial charge on any atom is 0.255 e. The molecule has 0 aromatic carbocycles. The summed E-state index contributed by atoms with van der Waals surface area (Å²) in [6, 6.07) is -0.0168. The van der Waals surface area contributed by atoms with Gasteiger partial charge in [0, 0.05) is 36.3 Å². The Bertz CT molecular complexity index is 591. The van der Waals surface area contributed by atoms with Crippen LogP contribution < -0.4 is 10.9 Å². The molecule has 1 unspecified atom stereocenters. The lowest BCUT2D eigenvalue weighted by atomic mass is 10.1. The first-order chi connectivity index (χ1) is 9.08. The molecule has 2 rings (SSSR count). The average molecular weight is 278 g/mol. The van der Waals surface area contributed by atoms with Crippen LogP contribution in [0.5, 0.6) is 0 Å². The van der Waals surface area contributed by atoms with E-state index in [1.807, 2.05) is 25.4 Å². The first-order valence-corrected chi connectivity index (χ1v) is 7.15. The van der Waals surface area contributed by atoms with E-state index in [1.165, 1.54) is 0 Å². The number of aryl methyl sites for hydroxylation is 2. The first kappa shape index (κ1) is 13.9. The zero-order chi connectivity index (χ0) is 13.8. The number of aromatic nitrogens is 3. The number of H-pyrrole nitrogens is 1. The number of nitrogens with one attached hydrogen (secondary N) is 2. The molecule has 5 nitrogen and oxygen atoms in total. The predicted octanol–water partition coefficient (Wildman–Crippen LogP) is 1.74. The van der Waals surface area contributed by atoms with Gasteiger partial charge in [0.25, 0.3) is 5.56 Å². The lowest BCUT2D eigenvalue weighted by Crippen LogP contribution is -2.29. The van der Waals surface area contributed by atoms with Gasteiger partial charge in [-0.2, -0.15) is 0 Å². The van der Waals surface area contributed by atoms with Crippen LogP contribution in [-0.4, -0.2) is 21.5 Å². The fourth-order valence-electron chi connectivity index (χ4n) is 2.12. The summed E-state index contributed by atoms with van der Waals surface area (Å²) < 4.78 is 0. The van der Waals surface area contributed by atoms with Crippen LogP contribution in [0.15, 0.2) is 16.4 Å². The highest BCUT2D eigenvalue weighted by Gasteiger charge is 2.13. The van der Waals surface area contributed by atoms with Gasteiger partial charge in [0.2, 0.25) is 0 Å². The fraction of sp³-hybridized carbons (Fsp3) is 0.462. The van der Waals surface area contributed by atoms with E-state index in [-0.39, 0.29) is 11.6 Å². The maximum atomic E-state index is 11.9. The molecule has 0 fully saturated rings. The highest BCUT2D eigenvalue weighted by molar-refractivity contribution is 7.09. The second-order valence-corrected chi connectivity index (χ2v) is 5.48. The van der Waals surface area contributed by atoms with Crippen LogP contribution in [-0.2, 0) is 6.42 Å². The summed E-state index contributed by atoms with van der Waals surface area (Å²) in [4.78, 5) is 23.2. The minimum absolute atomic E-state index is 0.0168. The van der Waals surface area contributed by atoms with Crippen molar-refractivity contribution in [2.24, 2.45) is 0 Å². The molecule has 2 heterocycles. The molecule has 0 saturated carbocycles. The zero-order valence-electron chi connectivity index (χ0n) is 11.4. The monoisotopic (exact) mass is 278 g/mol. The number of hydrogen-bond donors (Lipinski definition) is 2. The molecular weight excluding hydrogens is 260 g/mol. The zero-order valence-corrected chi connectivity index (χ0v) is 12.2. The largest absolute Gasteiger partial charge is 0.310 e. The Kier molecular flexibility index (Phi) is 4.44. The SMILES string of the molecule is Cc1nc(C)c(C(C)NCCc2nccs2)c(=O)[nH]1. The predicted molar refractivity (Wildman–Crippen MR) is 76.6 cm³/mol. The quantitative estimate of drug-likeness (QED) is 0.874. The van der Waals surface area contributed by atoms with Gasteiger partial charge in [0.15, 0.2) is 0 Å². The van der Waals surface area contributed by atoms with Crippen LogP contribution in [0.4, 0.5) is 0 Å². The summed E-state index contributed by atoms with van der Waals surface area (Å²) in [5.41, 5.74) is 1.44. The third-order valence-corrected chi connectivity index (χ3v) is 3.81. The Morgan fingerprint density at radius 2 is 2.26 bits per heavy atom. The normalized spacial score (nSPS) is 12.6. The molecule has 1 atom stereocenters. The molecule has 2 aromatic rings. The highest BCUT2D eigenvalue weighted by Crippen LogP contribution is 2.11. The van der Waals surface area contributed by atoms with Crippen molar-refractivity contribution in [3.63, 3.8) is 0 Å². The Morgan fingerprint density at radius 1 is 1.47 bits per heavy atom. The van der Waals surface area contributed by atoms with Crippen molar-refractivity contribution in [1.29, 1.82) is 0 Å². The Balaban J connectivity index is 2.00. The molecule has 0 radical (unpaired) electrons. The molecule has 6 heteroatoms. The molecular formula is C13H18N4OS. The minimum Gasteiger partial charge on any atom is -0.310 e. The number of hydrogen-bond acceptors (Lipinski definition) is 5. The summed E-state index contributed by atoms with van der Waals surface area (Å²) in [7, 11) is 0. The summed E-state index contributed by atoms with van der Waals surface area (Å²) in [5.74, 6) is 0.654. The summed E-state index contributed by atoms with van der Waals surface area (Å²) in [6.07, 6.45) is 2.68. The van der Waals surface area contributed by atoms with Gasteiger partial charge < -0.3 is 10.3 Å². The maximum absolute atomic E-state index is 11.9. The molecule has 0 spiro atoms. The Hall–Kier alpha value is -1.53. The molecule has 0 aliphatic heterocycles. The molecule has 0 saturated heterocycles. The molecule has 19 heavy (non-hydrogen) atoms. The van der Waals surface area contributed by atoms with Gasteiger partial charge in [-0.15, -0.1) is 11.3 Å². The van der Waals surface area contributed by atoms with E-state index in [4.69, 9.17) is 0 Å². The second-order valence-electron chi connectivity index (χ2n) is 4.50. The van der Waals surface area contributed by atoms with E-state index in [1.54, 1.807) is 18.3 Å². The lowest BCUT2D eigenvalue weighted by Gasteiger charge is -2.14. The smallest absolute Gasteiger partial charge is 0.255 e. The van der Waals surface area contributed by atoms with Gasteiger partial charge in [-0.05, 0) is 20.8 Å². The van der Waals surface area contributed by atoms with Gasteiger partial charge in [0.1, 0.15) is 5.82 Å². The summed E-state index contributed by atoms with van der Waals surface area (Å²) >= 11 is 1.65. The Labute approximate surface area is 116 Å². The Morgan fingerprint density at radius 3 is 2.89 bits per heavy atom. The summed E-state index contributed by atoms with van der Waals surface area (Å²) in [5, 5.41) is 6.42. The van der Waals surface area contributed by atoms with Crippen molar-refractivity contribution in [3.05, 3.63) is 44.0 Å². The number of aromatic amines is 1. The molecule has 2 aromatic heterocycles. The van der Waals surface area contributed by atoms with E-state index in [9.17, 15) is 4.79 Å². The number of rotatable bonds is 5. The highest BCUT2D eigenvalue weighted by atomic mass is 32.1. The van der Waals surface area contributed by atoms with Crippen LogP contribution in [0.25, 0.3) is 0 Å². The van der Waals surface area contributed by atoms with Crippen LogP contribution in [0.3, 0.4) is 0 Å². The standard InChI is InChI=1S/C13H18N4OS/c1-8(14-5-4-11-15-6-7-19-11)12-9(2)16-10(3)17-13(12)18/h6-8,14H,4-5H2,1-3H3,(H,16,17,18). The second kappa shape index (κ2) is 6.08. The number of thiazole rings is 1. The molecule has 2 N–H and O–H groups in total. The van der Waals surface area contributed by atoms with Crippen molar-refractivity contribution in [2.75, 3.05) is 6.54 Å². The topological polar surface area (TPSA) is 70.7 Å². The van der Waals surface area contributed by atoms with E-state index >= 15 is 0 Å². The van der Waals surface area contributed by atoms with Gasteiger partial charge >= 0.3 is 0 Å².